The van der Waals surface area contributed by atoms with Crippen molar-refractivity contribution in [2.75, 3.05) is 40.8 Å². The third-order valence-electron chi connectivity index (χ3n) is 3.99. The minimum atomic E-state index is 0.480. The third kappa shape index (κ3) is 3.32. The Morgan fingerprint density at radius 1 is 1.44 bits per heavy atom. The van der Waals surface area contributed by atoms with E-state index in [0.29, 0.717) is 12.1 Å². The second-order valence-corrected chi connectivity index (χ2v) is 6.58. The molecule has 0 saturated carbocycles. The second kappa shape index (κ2) is 6.15. The van der Waals surface area contributed by atoms with Gasteiger partial charge in [0.1, 0.15) is 0 Å². The number of rotatable bonds is 4. The van der Waals surface area contributed by atoms with Crippen LogP contribution in [0.2, 0.25) is 0 Å². The first-order chi connectivity index (χ1) is 8.60. The van der Waals surface area contributed by atoms with Crippen LogP contribution in [-0.2, 0) is 0 Å². The molecular formula is C14H25N3S. The first-order valence-corrected chi connectivity index (χ1v) is 7.59. The Bertz CT molecular complexity index is 377. The van der Waals surface area contributed by atoms with E-state index in [4.69, 9.17) is 0 Å². The maximum Gasteiger partial charge on any atom is 0.0341 e. The van der Waals surface area contributed by atoms with Crippen LogP contribution in [0.3, 0.4) is 0 Å². The molecule has 1 aliphatic heterocycles. The van der Waals surface area contributed by atoms with Crippen LogP contribution in [0.15, 0.2) is 11.4 Å². The van der Waals surface area contributed by atoms with Gasteiger partial charge >= 0.3 is 0 Å². The molecule has 2 heterocycles. The Balaban J connectivity index is 2.01. The standard InChI is InChI=1S/C14H25N3S/c1-11-7-12(10-18-11)14(15-2)8-13-9-16(3)5-6-17(13)4/h7,10,13-15H,5-6,8-9H2,1-4H3. The van der Waals surface area contributed by atoms with Crippen molar-refractivity contribution in [1.82, 2.24) is 15.1 Å². The van der Waals surface area contributed by atoms with Crippen LogP contribution >= 0.6 is 11.3 Å². The maximum atomic E-state index is 3.48. The highest BCUT2D eigenvalue weighted by molar-refractivity contribution is 7.10. The molecule has 1 aromatic heterocycles. The van der Waals surface area contributed by atoms with Gasteiger partial charge in [-0.15, -0.1) is 11.3 Å². The molecule has 1 aliphatic rings. The number of piperazine rings is 1. The number of likely N-dealkylation sites (N-methyl/N-ethyl adjacent to an activating group) is 2. The molecule has 1 fully saturated rings. The number of thiophene rings is 1. The smallest absolute Gasteiger partial charge is 0.0341 e. The molecular weight excluding hydrogens is 242 g/mol. The quantitative estimate of drug-likeness (QED) is 0.899. The second-order valence-electron chi connectivity index (χ2n) is 5.46. The maximum absolute atomic E-state index is 3.48. The van der Waals surface area contributed by atoms with Gasteiger partial charge in [-0.1, -0.05) is 0 Å². The van der Waals surface area contributed by atoms with Crippen molar-refractivity contribution >= 4 is 11.3 Å². The van der Waals surface area contributed by atoms with Gasteiger partial charge in [-0.3, -0.25) is 0 Å². The highest BCUT2D eigenvalue weighted by atomic mass is 32.1. The summed E-state index contributed by atoms with van der Waals surface area (Å²) in [7, 11) is 6.55. The van der Waals surface area contributed by atoms with Crippen LogP contribution in [0.1, 0.15) is 22.9 Å². The lowest BCUT2D eigenvalue weighted by Crippen LogP contribution is -2.50. The average molecular weight is 267 g/mol. The molecule has 0 aromatic carbocycles. The van der Waals surface area contributed by atoms with Gasteiger partial charge < -0.3 is 15.1 Å². The topological polar surface area (TPSA) is 18.5 Å². The Morgan fingerprint density at radius 2 is 2.22 bits per heavy atom. The van der Waals surface area contributed by atoms with Crippen LogP contribution in [0.5, 0.6) is 0 Å². The number of hydrogen-bond acceptors (Lipinski definition) is 4. The molecule has 0 radical (unpaired) electrons. The average Bonchev–Trinajstić information content (AvgIpc) is 2.77. The highest BCUT2D eigenvalue weighted by Crippen LogP contribution is 2.25. The van der Waals surface area contributed by atoms with Crippen LogP contribution in [-0.4, -0.2) is 56.6 Å². The van der Waals surface area contributed by atoms with Gasteiger partial charge in [0, 0.05) is 36.6 Å². The molecule has 1 saturated heterocycles. The summed E-state index contributed by atoms with van der Waals surface area (Å²) in [6, 6.07) is 3.45. The summed E-state index contributed by atoms with van der Waals surface area (Å²) in [6.45, 7) is 5.73. The van der Waals surface area contributed by atoms with Crippen molar-refractivity contribution in [2.24, 2.45) is 0 Å². The first-order valence-electron chi connectivity index (χ1n) is 6.71. The zero-order valence-corrected chi connectivity index (χ0v) is 12.8. The lowest BCUT2D eigenvalue weighted by Gasteiger charge is -2.39. The normalized spacial score (nSPS) is 24.3. The SMILES string of the molecule is CNC(CC1CN(C)CCN1C)c1csc(C)c1. The largest absolute Gasteiger partial charge is 0.313 e. The van der Waals surface area contributed by atoms with E-state index >= 15 is 0 Å². The zero-order chi connectivity index (χ0) is 13.1. The lowest BCUT2D eigenvalue weighted by atomic mass is 9.99. The Kier molecular flexibility index (Phi) is 4.78. The van der Waals surface area contributed by atoms with E-state index in [1.165, 1.54) is 36.5 Å². The highest BCUT2D eigenvalue weighted by Gasteiger charge is 2.25. The van der Waals surface area contributed by atoms with Crippen LogP contribution in [0.4, 0.5) is 0 Å². The van der Waals surface area contributed by atoms with Gasteiger partial charge in [-0.05, 0) is 51.5 Å². The van der Waals surface area contributed by atoms with Gasteiger partial charge in [-0.25, -0.2) is 0 Å². The predicted octanol–water partition coefficient (Wildman–Crippen LogP) is 1.95. The fraction of sp³-hybridized carbons (Fsp3) is 0.714. The van der Waals surface area contributed by atoms with Gasteiger partial charge in [0.15, 0.2) is 0 Å². The van der Waals surface area contributed by atoms with E-state index in [2.05, 4.69) is 54.6 Å². The van der Waals surface area contributed by atoms with Crippen molar-refractivity contribution in [2.45, 2.75) is 25.4 Å². The Morgan fingerprint density at radius 3 is 2.83 bits per heavy atom. The van der Waals surface area contributed by atoms with Crippen molar-refractivity contribution < 1.29 is 0 Å². The minimum Gasteiger partial charge on any atom is -0.313 e. The number of nitrogens with zero attached hydrogens (tertiary/aromatic N) is 2. The third-order valence-corrected chi connectivity index (χ3v) is 4.87. The predicted molar refractivity (Wildman–Crippen MR) is 79.4 cm³/mol. The molecule has 2 atom stereocenters. The Labute approximate surface area is 115 Å². The molecule has 3 nitrogen and oxygen atoms in total. The molecule has 0 spiro atoms. The minimum absolute atomic E-state index is 0.480. The monoisotopic (exact) mass is 267 g/mol. The van der Waals surface area contributed by atoms with E-state index in [0.717, 1.165) is 0 Å². The zero-order valence-electron chi connectivity index (χ0n) is 11.9. The van der Waals surface area contributed by atoms with Crippen molar-refractivity contribution in [3.05, 3.63) is 21.9 Å². The molecule has 2 rings (SSSR count). The molecule has 4 heteroatoms. The van der Waals surface area contributed by atoms with E-state index in [-0.39, 0.29) is 0 Å². The molecule has 0 amide bonds. The van der Waals surface area contributed by atoms with Crippen molar-refractivity contribution in [1.29, 1.82) is 0 Å². The van der Waals surface area contributed by atoms with Crippen LogP contribution in [0.25, 0.3) is 0 Å². The fourth-order valence-electron chi connectivity index (χ4n) is 2.70. The van der Waals surface area contributed by atoms with E-state index in [1.54, 1.807) is 0 Å². The van der Waals surface area contributed by atoms with Crippen molar-refractivity contribution in [3.8, 4) is 0 Å². The van der Waals surface area contributed by atoms with E-state index in [1.807, 2.05) is 11.3 Å². The summed E-state index contributed by atoms with van der Waals surface area (Å²) in [6.07, 6.45) is 1.19. The molecule has 0 aliphatic carbocycles. The molecule has 18 heavy (non-hydrogen) atoms. The summed E-state index contributed by atoms with van der Waals surface area (Å²) in [5.41, 5.74) is 1.45. The Hall–Kier alpha value is -0.420. The fourth-order valence-corrected chi connectivity index (χ4v) is 3.45. The summed E-state index contributed by atoms with van der Waals surface area (Å²) in [5.74, 6) is 0. The van der Waals surface area contributed by atoms with Gasteiger partial charge in [0.2, 0.25) is 0 Å². The first kappa shape index (κ1) is 14.0. The number of hydrogen-bond donors (Lipinski definition) is 1. The van der Waals surface area contributed by atoms with Crippen LogP contribution < -0.4 is 5.32 Å². The van der Waals surface area contributed by atoms with Gasteiger partial charge in [0.05, 0.1) is 0 Å². The summed E-state index contributed by atoms with van der Waals surface area (Å²) < 4.78 is 0. The molecule has 0 bridgehead atoms. The summed E-state index contributed by atoms with van der Waals surface area (Å²) in [4.78, 5) is 6.35. The molecule has 2 unspecified atom stereocenters. The van der Waals surface area contributed by atoms with E-state index in [9.17, 15) is 0 Å². The summed E-state index contributed by atoms with van der Waals surface area (Å²) >= 11 is 1.85. The molecule has 1 aromatic rings. The number of aryl methyl sites for hydroxylation is 1. The van der Waals surface area contributed by atoms with E-state index < -0.39 is 0 Å². The number of nitrogens with one attached hydrogen (secondary N) is 1. The molecule has 1 N–H and O–H groups in total. The lowest BCUT2D eigenvalue weighted by molar-refractivity contribution is 0.102. The van der Waals surface area contributed by atoms with Gasteiger partial charge in [-0.2, -0.15) is 0 Å². The molecule has 102 valence electrons. The van der Waals surface area contributed by atoms with Gasteiger partial charge in [0.25, 0.3) is 0 Å². The summed E-state index contributed by atoms with van der Waals surface area (Å²) in [5, 5.41) is 5.77. The van der Waals surface area contributed by atoms with Crippen molar-refractivity contribution in [3.63, 3.8) is 0 Å². The van der Waals surface area contributed by atoms with Crippen LogP contribution in [0, 0.1) is 6.92 Å².